The van der Waals surface area contributed by atoms with E-state index in [9.17, 15) is 18.0 Å². The van der Waals surface area contributed by atoms with Crippen LogP contribution in [0.2, 0.25) is 0 Å². The van der Waals surface area contributed by atoms with Crippen LogP contribution in [-0.4, -0.2) is 14.8 Å². The van der Waals surface area contributed by atoms with Crippen LogP contribution >= 0.6 is 0 Å². The molecule has 0 aliphatic rings. The Morgan fingerprint density at radius 1 is 1.15 bits per heavy atom. The van der Waals surface area contributed by atoms with Crippen LogP contribution in [0.4, 0.5) is 18.9 Å². The number of aryl methyl sites for hydroxylation is 3. The first-order chi connectivity index (χ1) is 15.5. The molecule has 3 heterocycles. The Bertz CT molecular complexity index is 1420. The van der Waals surface area contributed by atoms with Crippen molar-refractivity contribution in [1.29, 1.82) is 0 Å². The number of hydrogen-bond donors (Lipinski definition) is 1. The number of anilines is 1. The maximum Gasteiger partial charge on any atom is 0.433 e. The van der Waals surface area contributed by atoms with Gasteiger partial charge in [-0.05, 0) is 51.5 Å². The Morgan fingerprint density at radius 3 is 2.48 bits per heavy atom. The second kappa shape index (κ2) is 8.06. The molecule has 0 aliphatic heterocycles. The van der Waals surface area contributed by atoms with E-state index < -0.39 is 11.9 Å². The molecule has 1 N–H and O–H groups in total. The molecule has 9 heteroatoms. The van der Waals surface area contributed by atoms with Gasteiger partial charge in [-0.2, -0.15) is 18.3 Å². The summed E-state index contributed by atoms with van der Waals surface area (Å²) in [5, 5.41) is 7.82. The minimum atomic E-state index is -4.51. The third-order valence-corrected chi connectivity index (χ3v) is 5.57. The summed E-state index contributed by atoms with van der Waals surface area (Å²) < 4.78 is 46.8. The third kappa shape index (κ3) is 4.22. The van der Waals surface area contributed by atoms with Crippen LogP contribution in [0.1, 0.15) is 41.0 Å². The molecule has 0 fully saturated rings. The zero-order valence-corrected chi connectivity index (χ0v) is 18.8. The van der Waals surface area contributed by atoms with E-state index >= 15 is 0 Å². The molecular formula is C24H23F3N4O2. The van der Waals surface area contributed by atoms with Gasteiger partial charge in [0.05, 0.1) is 34.6 Å². The van der Waals surface area contributed by atoms with Crippen LogP contribution in [0.3, 0.4) is 0 Å². The van der Waals surface area contributed by atoms with Crippen molar-refractivity contribution >= 4 is 16.7 Å². The van der Waals surface area contributed by atoms with E-state index in [1.807, 2.05) is 19.9 Å². The number of fused-ring (bicyclic) bond motifs is 1. The minimum Gasteiger partial charge on any atom is -0.455 e. The van der Waals surface area contributed by atoms with Crippen molar-refractivity contribution in [3.63, 3.8) is 0 Å². The van der Waals surface area contributed by atoms with Gasteiger partial charge in [-0.25, -0.2) is 4.98 Å². The quantitative estimate of drug-likeness (QED) is 0.426. The largest absolute Gasteiger partial charge is 0.455 e. The van der Waals surface area contributed by atoms with Crippen molar-refractivity contribution in [2.45, 2.75) is 39.9 Å². The lowest BCUT2D eigenvalue weighted by molar-refractivity contribution is -0.141. The van der Waals surface area contributed by atoms with E-state index in [0.717, 1.165) is 11.6 Å². The Morgan fingerprint density at radius 2 is 1.88 bits per heavy atom. The van der Waals surface area contributed by atoms with Crippen molar-refractivity contribution in [2.75, 3.05) is 5.32 Å². The van der Waals surface area contributed by atoms with Gasteiger partial charge >= 0.3 is 6.18 Å². The molecular weight excluding hydrogens is 433 g/mol. The van der Waals surface area contributed by atoms with Crippen LogP contribution in [-0.2, 0) is 13.2 Å². The molecule has 4 aromatic rings. The number of halogens is 3. The fourth-order valence-electron chi connectivity index (χ4n) is 3.89. The number of pyridine rings is 1. The summed E-state index contributed by atoms with van der Waals surface area (Å²) in [5.74, 6) is 0.435. The van der Waals surface area contributed by atoms with Gasteiger partial charge in [0.1, 0.15) is 17.0 Å². The van der Waals surface area contributed by atoms with E-state index in [1.54, 1.807) is 37.1 Å². The number of nitrogens with one attached hydrogen (secondary N) is 1. The zero-order chi connectivity index (χ0) is 24.1. The highest BCUT2D eigenvalue weighted by molar-refractivity contribution is 5.84. The maximum atomic E-state index is 13.2. The molecule has 172 valence electrons. The molecule has 0 radical (unpaired) electrons. The van der Waals surface area contributed by atoms with Gasteiger partial charge < -0.3 is 9.73 Å². The van der Waals surface area contributed by atoms with Gasteiger partial charge in [0.2, 0.25) is 0 Å². The lowest BCUT2D eigenvalue weighted by Gasteiger charge is -2.20. The average Bonchev–Trinajstić information content (AvgIpc) is 3.17. The average molecular weight is 456 g/mol. The lowest BCUT2D eigenvalue weighted by atomic mass is 9.99. The molecule has 0 saturated carbocycles. The normalized spacial score (nSPS) is 12.8. The van der Waals surface area contributed by atoms with Crippen molar-refractivity contribution in [1.82, 2.24) is 14.8 Å². The smallest absolute Gasteiger partial charge is 0.433 e. The molecule has 1 atom stereocenters. The van der Waals surface area contributed by atoms with Crippen LogP contribution in [0.15, 0.2) is 45.9 Å². The molecule has 33 heavy (non-hydrogen) atoms. The van der Waals surface area contributed by atoms with Gasteiger partial charge in [-0.1, -0.05) is 6.07 Å². The number of hydrogen-bond acceptors (Lipinski definition) is 5. The van der Waals surface area contributed by atoms with E-state index in [1.165, 1.54) is 13.0 Å². The van der Waals surface area contributed by atoms with Gasteiger partial charge in [-0.3, -0.25) is 9.48 Å². The molecule has 4 rings (SSSR count). The molecule has 0 saturated heterocycles. The van der Waals surface area contributed by atoms with Crippen LogP contribution in [0.5, 0.6) is 0 Å². The first-order valence-electron chi connectivity index (χ1n) is 10.3. The molecule has 1 unspecified atom stereocenters. The van der Waals surface area contributed by atoms with Gasteiger partial charge in [-0.15, -0.1) is 0 Å². The summed E-state index contributed by atoms with van der Waals surface area (Å²) in [7, 11) is 1.78. The number of benzene rings is 1. The molecule has 0 bridgehead atoms. The summed E-state index contributed by atoms with van der Waals surface area (Å²) in [4.78, 5) is 16.9. The Labute approximate surface area is 188 Å². The van der Waals surface area contributed by atoms with E-state index in [2.05, 4.69) is 15.4 Å². The van der Waals surface area contributed by atoms with Crippen LogP contribution < -0.4 is 10.7 Å². The van der Waals surface area contributed by atoms with Crippen molar-refractivity contribution in [3.05, 3.63) is 75.0 Å². The summed E-state index contributed by atoms with van der Waals surface area (Å²) >= 11 is 0. The van der Waals surface area contributed by atoms with E-state index in [4.69, 9.17) is 4.42 Å². The van der Waals surface area contributed by atoms with Crippen LogP contribution in [0, 0.1) is 20.8 Å². The van der Waals surface area contributed by atoms with Crippen molar-refractivity contribution in [2.24, 2.45) is 7.05 Å². The molecule has 0 aliphatic carbocycles. The summed E-state index contributed by atoms with van der Waals surface area (Å²) in [6.07, 6.45) is -1.11. The number of aromatic nitrogens is 3. The minimum absolute atomic E-state index is 0.139. The molecule has 0 amide bonds. The fraction of sp³-hybridized carbons (Fsp3) is 0.292. The van der Waals surface area contributed by atoms with Gasteiger partial charge in [0.15, 0.2) is 5.43 Å². The van der Waals surface area contributed by atoms with Crippen molar-refractivity contribution < 1.29 is 17.6 Å². The first-order valence-corrected chi connectivity index (χ1v) is 10.3. The molecule has 1 aromatic carbocycles. The molecule has 0 spiro atoms. The Kier molecular flexibility index (Phi) is 5.51. The Hall–Kier alpha value is -3.62. The SMILES string of the molecule is Cc1cc(C(C)Nc2ccc(C(F)(F)F)nc2C)c2oc(-c3cnn(C)c3)c(C)c(=O)c2c1. The third-order valence-electron chi connectivity index (χ3n) is 5.57. The van der Waals surface area contributed by atoms with Crippen LogP contribution in [0.25, 0.3) is 22.3 Å². The highest BCUT2D eigenvalue weighted by Gasteiger charge is 2.32. The van der Waals surface area contributed by atoms with Gasteiger partial charge in [0.25, 0.3) is 0 Å². The van der Waals surface area contributed by atoms with Crippen molar-refractivity contribution in [3.8, 4) is 11.3 Å². The number of nitrogens with zero attached hydrogens (tertiary/aromatic N) is 3. The topological polar surface area (TPSA) is 73.0 Å². The Balaban J connectivity index is 1.82. The monoisotopic (exact) mass is 456 g/mol. The van der Waals surface area contributed by atoms with E-state index in [-0.39, 0.29) is 17.2 Å². The zero-order valence-electron chi connectivity index (χ0n) is 18.8. The standard InChI is InChI=1S/C24H23F3N4O2/c1-12-8-17(14(3)29-19-6-7-20(24(25,26)27)30-15(19)4)23-18(9-12)21(32)13(2)22(33-23)16-10-28-31(5)11-16/h6-11,14,29H,1-5H3. The highest BCUT2D eigenvalue weighted by atomic mass is 19.4. The summed E-state index contributed by atoms with van der Waals surface area (Å²) in [6, 6.07) is 5.61. The lowest BCUT2D eigenvalue weighted by Crippen LogP contribution is -2.14. The second-order valence-electron chi connectivity index (χ2n) is 8.21. The molecule has 3 aromatic heterocycles. The van der Waals surface area contributed by atoms with Gasteiger partial charge in [0, 0.05) is 24.4 Å². The second-order valence-corrected chi connectivity index (χ2v) is 8.21. The highest BCUT2D eigenvalue weighted by Crippen LogP contribution is 2.33. The molecule has 6 nitrogen and oxygen atoms in total. The fourth-order valence-corrected chi connectivity index (χ4v) is 3.89. The summed E-state index contributed by atoms with van der Waals surface area (Å²) in [5.41, 5.74) is 2.78. The predicted molar refractivity (Wildman–Crippen MR) is 120 cm³/mol. The summed E-state index contributed by atoms with van der Waals surface area (Å²) in [6.45, 7) is 6.97. The maximum absolute atomic E-state index is 13.2. The number of alkyl halides is 3. The first kappa shape index (κ1) is 22.6. The number of rotatable bonds is 4. The van der Waals surface area contributed by atoms with E-state index in [0.29, 0.717) is 39.1 Å². The predicted octanol–water partition coefficient (Wildman–Crippen LogP) is 5.71.